The summed E-state index contributed by atoms with van der Waals surface area (Å²) < 4.78 is 1.46. The van der Waals surface area contributed by atoms with Gasteiger partial charge in [-0.05, 0) is 24.3 Å². The highest BCUT2D eigenvalue weighted by atomic mass is 16.2. The Hall–Kier alpha value is -5.22. The molecule has 0 unspecified atom stereocenters. The first-order chi connectivity index (χ1) is 17.5. The number of nitrogens with one attached hydrogen (secondary N) is 3. The maximum Gasteiger partial charge on any atom is 0.357 e. The summed E-state index contributed by atoms with van der Waals surface area (Å²) in [6.07, 6.45) is 0. The van der Waals surface area contributed by atoms with Crippen LogP contribution in [0.1, 0.15) is 10.5 Å². The molecule has 0 saturated heterocycles. The van der Waals surface area contributed by atoms with Crippen LogP contribution in [0.25, 0.3) is 27.8 Å². The zero-order valence-corrected chi connectivity index (χ0v) is 18.9. The van der Waals surface area contributed by atoms with Gasteiger partial charge >= 0.3 is 6.03 Å². The number of amides is 3. The van der Waals surface area contributed by atoms with E-state index in [0.717, 1.165) is 5.56 Å². The molecule has 2 aromatic heterocycles. The Morgan fingerprint density at radius 3 is 2.28 bits per heavy atom. The zero-order valence-electron chi connectivity index (χ0n) is 18.9. The van der Waals surface area contributed by atoms with Gasteiger partial charge in [0.25, 0.3) is 11.5 Å². The highest BCUT2D eigenvalue weighted by molar-refractivity contribution is 6.06. The molecule has 3 amide bonds. The minimum atomic E-state index is -0.925. The molecule has 2 heterocycles. The second kappa shape index (κ2) is 9.57. The van der Waals surface area contributed by atoms with E-state index in [1.54, 1.807) is 42.5 Å². The number of hydrogen-bond donors (Lipinski definition) is 4. The lowest BCUT2D eigenvalue weighted by Gasteiger charge is -2.22. The Labute approximate surface area is 204 Å². The molecular formula is C26H21N7O3. The van der Waals surface area contributed by atoms with Crippen molar-refractivity contribution in [3.05, 3.63) is 113 Å². The van der Waals surface area contributed by atoms with E-state index < -0.39 is 17.5 Å². The topological polar surface area (TPSA) is 138 Å². The number of nitrogens with zero attached hydrogens (tertiary/aromatic N) is 3. The molecule has 0 aliphatic heterocycles. The number of aromatic amines is 1. The summed E-state index contributed by atoms with van der Waals surface area (Å²) in [4.78, 5) is 41.5. The van der Waals surface area contributed by atoms with Gasteiger partial charge in [-0.2, -0.15) is 10.1 Å². The van der Waals surface area contributed by atoms with Crippen molar-refractivity contribution in [3.63, 3.8) is 0 Å². The van der Waals surface area contributed by atoms with Gasteiger partial charge < -0.3 is 4.98 Å². The number of para-hydroxylation sites is 2. The van der Waals surface area contributed by atoms with Crippen molar-refractivity contribution in [3.8, 4) is 16.9 Å². The number of carbonyl (C=O) groups excluding carboxylic acids is 2. The quantitative estimate of drug-likeness (QED) is 0.173. The largest absolute Gasteiger partial charge is 0.357 e. The highest BCUT2D eigenvalue weighted by Crippen LogP contribution is 2.24. The lowest BCUT2D eigenvalue weighted by atomic mass is 10.1. The van der Waals surface area contributed by atoms with Crippen molar-refractivity contribution in [1.29, 1.82) is 0 Å². The second-order valence-electron chi connectivity index (χ2n) is 7.82. The number of anilines is 1. The van der Waals surface area contributed by atoms with Gasteiger partial charge in [0, 0.05) is 17.0 Å². The summed E-state index contributed by atoms with van der Waals surface area (Å²) in [5.41, 5.74) is 7.20. The molecule has 0 bridgehead atoms. The number of urea groups is 1. The van der Waals surface area contributed by atoms with Gasteiger partial charge in [0.2, 0.25) is 0 Å². The predicted octanol–water partition coefficient (Wildman–Crippen LogP) is 3.43. The number of aromatic nitrogens is 3. The number of hydrogen-bond acceptors (Lipinski definition) is 6. The molecule has 0 fully saturated rings. The Morgan fingerprint density at radius 2 is 1.56 bits per heavy atom. The van der Waals surface area contributed by atoms with E-state index in [-0.39, 0.29) is 11.4 Å². The predicted molar refractivity (Wildman–Crippen MR) is 136 cm³/mol. The molecule has 5 N–H and O–H groups in total. The van der Waals surface area contributed by atoms with Crippen LogP contribution in [-0.2, 0) is 0 Å². The van der Waals surface area contributed by atoms with Gasteiger partial charge in [-0.1, -0.05) is 66.7 Å². The fraction of sp³-hybridized carbons (Fsp3) is 0. The van der Waals surface area contributed by atoms with Crippen molar-refractivity contribution in [1.82, 2.24) is 25.2 Å². The second-order valence-corrected chi connectivity index (χ2v) is 7.82. The van der Waals surface area contributed by atoms with Crippen LogP contribution in [0.5, 0.6) is 0 Å². The number of imide groups is 1. The molecule has 10 heteroatoms. The number of hydrazine groups is 2. The van der Waals surface area contributed by atoms with Crippen LogP contribution in [0.15, 0.2) is 102 Å². The monoisotopic (exact) mass is 479 g/mol. The normalized spacial score (nSPS) is 10.7. The number of rotatable bonds is 5. The smallest absolute Gasteiger partial charge is 0.322 e. The third-order valence-corrected chi connectivity index (χ3v) is 5.51. The van der Waals surface area contributed by atoms with Gasteiger partial charge in [0.15, 0.2) is 0 Å². The third-order valence-electron chi connectivity index (χ3n) is 5.51. The molecular weight excluding hydrogens is 458 g/mol. The van der Waals surface area contributed by atoms with Crippen molar-refractivity contribution in [2.75, 3.05) is 5.43 Å². The van der Waals surface area contributed by atoms with Gasteiger partial charge in [-0.25, -0.2) is 15.3 Å². The number of carbonyl (C=O) groups is 2. The Kier molecular flexibility index (Phi) is 6.00. The molecule has 0 spiro atoms. The molecule has 10 nitrogen and oxygen atoms in total. The summed E-state index contributed by atoms with van der Waals surface area (Å²) in [6.45, 7) is 0. The molecule has 3 aromatic carbocycles. The van der Waals surface area contributed by atoms with Crippen LogP contribution in [-0.4, -0.2) is 31.7 Å². The summed E-state index contributed by atoms with van der Waals surface area (Å²) >= 11 is 0. The molecule has 0 atom stereocenters. The first-order valence-corrected chi connectivity index (χ1v) is 11.0. The zero-order chi connectivity index (χ0) is 25.1. The minimum Gasteiger partial charge on any atom is -0.322 e. The molecule has 0 radical (unpaired) electrons. The molecule has 5 rings (SSSR count). The van der Waals surface area contributed by atoms with E-state index in [1.807, 2.05) is 54.0 Å². The van der Waals surface area contributed by atoms with Gasteiger partial charge in [-0.3, -0.25) is 20.4 Å². The fourth-order valence-electron chi connectivity index (χ4n) is 3.84. The maximum atomic E-state index is 13.8. The first-order valence-electron chi connectivity index (χ1n) is 11.0. The fourth-order valence-corrected chi connectivity index (χ4v) is 3.84. The SMILES string of the molecule is NNC(=O)N(Nc1cc(=O)[nH]c2ccccc12)C(=O)c1cc(-c2ccccc2)nn1-c1ccccc1. The molecule has 178 valence electrons. The lowest BCUT2D eigenvalue weighted by Crippen LogP contribution is -2.50. The summed E-state index contributed by atoms with van der Waals surface area (Å²) in [5.74, 6) is 4.67. The van der Waals surface area contributed by atoms with E-state index in [4.69, 9.17) is 5.84 Å². The number of nitrogens with two attached hydrogens (primary N) is 1. The van der Waals surface area contributed by atoms with Gasteiger partial charge in [-0.15, -0.1) is 0 Å². The Bertz CT molecular complexity index is 1610. The number of benzene rings is 3. The summed E-state index contributed by atoms with van der Waals surface area (Å²) in [6, 6.07) is 27.4. The van der Waals surface area contributed by atoms with Crippen LogP contribution in [0.3, 0.4) is 0 Å². The van der Waals surface area contributed by atoms with Crippen LogP contribution in [0.4, 0.5) is 10.5 Å². The molecule has 0 aliphatic rings. The minimum absolute atomic E-state index is 0.102. The summed E-state index contributed by atoms with van der Waals surface area (Å²) in [7, 11) is 0. The van der Waals surface area contributed by atoms with E-state index in [0.29, 0.717) is 27.3 Å². The van der Waals surface area contributed by atoms with Gasteiger partial charge in [0.05, 0.1) is 22.6 Å². The number of fused-ring (bicyclic) bond motifs is 1. The van der Waals surface area contributed by atoms with Crippen LogP contribution in [0, 0.1) is 0 Å². The molecule has 0 aliphatic carbocycles. The van der Waals surface area contributed by atoms with Crippen LogP contribution < -0.4 is 22.3 Å². The van der Waals surface area contributed by atoms with E-state index in [1.165, 1.54) is 10.7 Å². The average Bonchev–Trinajstić information content (AvgIpc) is 3.37. The lowest BCUT2D eigenvalue weighted by molar-refractivity contribution is 0.0821. The van der Waals surface area contributed by atoms with E-state index in [9.17, 15) is 14.4 Å². The number of pyridine rings is 1. The first kappa shape index (κ1) is 22.6. The standard InChI is InChI=1S/C26H21N7O3/c27-29-26(36)33(31-22-16-24(34)28-20-14-8-7-13-19(20)22)25(35)23-15-21(17-9-3-1-4-10-17)30-32(23)18-11-5-2-6-12-18/h1-16H,27H2,(H,29,36)(H2,28,31,34). The van der Waals surface area contributed by atoms with Crippen molar-refractivity contribution >= 4 is 28.5 Å². The summed E-state index contributed by atoms with van der Waals surface area (Å²) in [5, 5.41) is 5.95. The third kappa shape index (κ3) is 4.31. The number of H-pyrrole nitrogens is 1. The van der Waals surface area contributed by atoms with Crippen molar-refractivity contribution in [2.24, 2.45) is 5.84 Å². The Morgan fingerprint density at radius 1 is 0.889 bits per heavy atom. The maximum absolute atomic E-state index is 13.8. The van der Waals surface area contributed by atoms with E-state index >= 15 is 0 Å². The highest BCUT2D eigenvalue weighted by Gasteiger charge is 2.28. The van der Waals surface area contributed by atoms with Crippen molar-refractivity contribution < 1.29 is 9.59 Å². The van der Waals surface area contributed by atoms with Crippen molar-refractivity contribution in [2.45, 2.75) is 0 Å². The molecule has 0 saturated carbocycles. The van der Waals surface area contributed by atoms with Crippen LogP contribution in [0.2, 0.25) is 0 Å². The average molecular weight is 480 g/mol. The van der Waals surface area contributed by atoms with Crippen LogP contribution >= 0.6 is 0 Å². The molecule has 36 heavy (non-hydrogen) atoms. The van der Waals surface area contributed by atoms with E-state index in [2.05, 4.69) is 15.5 Å². The Balaban J connectivity index is 1.62. The molecule has 5 aromatic rings. The van der Waals surface area contributed by atoms with Gasteiger partial charge in [0.1, 0.15) is 5.69 Å².